The first-order chi connectivity index (χ1) is 23.8. The van der Waals surface area contributed by atoms with Crippen LogP contribution in [0.3, 0.4) is 0 Å². The molecule has 1 fully saturated rings. The molecule has 1 N–H and O–H groups in total. The highest BCUT2D eigenvalue weighted by Gasteiger charge is 2.25. The summed E-state index contributed by atoms with van der Waals surface area (Å²) in [5.41, 5.74) is -1.83. The molecule has 0 aromatic carbocycles. The normalized spacial score (nSPS) is 16.8. The molecule has 1 aliphatic rings. The van der Waals surface area contributed by atoms with Crippen LogP contribution >= 0.6 is 21.6 Å². The molecule has 1 amide bonds. The van der Waals surface area contributed by atoms with Crippen molar-refractivity contribution < 1.29 is 33.4 Å². The zero-order valence-electron chi connectivity index (χ0n) is 32.3. The van der Waals surface area contributed by atoms with Crippen molar-refractivity contribution in [3.05, 3.63) is 24.4 Å². The first-order valence-electron chi connectivity index (χ1n) is 17.8. The number of ether oxygens (including phenoxy) is 3. The van der Waals surface area contributed by atoms with Gasteiger partial charge in [-0.3, -0.25) is 38.8 Å². The van der Waals surface area contributed by atoms with Gasteiger partial charge in [0.2, 0.25) is 5.91 Å². The molecule has 0 radical (unpaired) electrons. The number of carbonyl (C=O) groups excluding carboxylic acids is 4. The fraction of sp³-hybridized carbons (Fsp3) is 0.750. The van der Waals surface area contributed by atoms with E-state index in [9.17, 15) is 19.2 Å². The Morgan fingerprint density at radius 1 is 0.667 bits per heavy atom. The molecular formula is C36H62N6O7S2. The number of nitrogens with zero attached hydrogens (tertiary/aromatic N) is 5. The quantitative estimate of drug-likeness (QED) is 0.128. The first-order valence-corrected chi connectivity index (χ1v) is 20.1. The Morgan fingerprint density at radius 2 is 1.08 bits per heavy atom. The first kappa shape index (κ1) is 44.7. The molecular weight excluding hydrogens is 693 g/mol. The predicted molar refractivity (Wildman–Crippen MR) is 203 cm³/mol. The molecule has 2 rings (SSSR count). The zero-order chi connectivity index (χ0) is 38.1. The number of esters is 3. The lowest BCUT2D eigenvalue weighted by Crippen LogP contribution is -2.50. The van der Waals surface area contributed by atoms with E-state index in [1.165, 1.54) is 0 Å². The van der Waals surface area contributed by atoms with Gasteiger partial charge in [-0.2, -0.15) is 0 Å². The SMILES string of the molecule is CC(C)(C)OC(=O)CN1CCN(CCNC(=O)CCSSc2ccccn2)CCN(CC(=O)OC(C)(C)C)CCN(CC(=O)OC(C)(C)C)CC1. The van der Waals surface area contributed by atoms with Gasteiger partial charge in [0.05, 0.1) is 19.6 Å². The van der Waals surface area contributed by atoms with Crippen molar-refractivity contribution in [3.63, 3.8) is 0 Å². The van der Waals surface area contributed by atoms with Gasteiger partial charge in [0, 0.05) is 83.8 Å². The average molecular weight is 755 g/mol. The maximum atomic E-state index is 12.9. The summed E-state index contributed by atoms with van der Waals surface area (Å²) in [6.45, 7) is 22.4. The zero-order valence-corrected chi connectivity index (χ0v) is 34.0. The standard InChI is InChI=1S/C36H62N6O7S2/c1-34(2,3)47-31(44)26-40-19-17-39(16-15-37-29(43)13-25-50-51-30-12-10-11-14-38-30)18-20-41(27-32(45)48-35(4,5)6)22-24-42(23-21-40)28-33(46)49-36(7,8)9/h10-12,14H,13,15-28H2,1-9H3,(H,37,43). The highest BCUT2D eigenvalue weighted by Crippen LogP contribution is 2.29. The van der Waals surface area contributed by atoms with Crippen LogP contribution in [0.25, 0.3) is 0 Å². The second kappa shape index (κ2) is 21.9. The van der Waals surface area contributed by atoms with Crippen molar-refractivity contribution in [3.8, 4) is 0 Å². The summed E-state index contributed by atoms with van der Waals surface area (Å²) >= 11 is 0. The molecule has 2 heterocycles. The second-order valence-electron chi connectivity index (χ2n) is 15.6. The Kier molecular flexibility index (Phi) is 19.2. The van der Waals surface area contributed by atoms with E-state index < -0.39 is 16.8 Å². The van der Waals surface area contributed by atoms with Gasteiger partial charge < -0.3 is 19.5 Å². The van der Waals surface area contributed by atoms with E-state index in [-0.39, 0.29) is 43.4 Å². The molecule has 1 aromatic heterocycles. The minimum atomic E-state index is -0.615. The third-order valence-electron chi connectivity index (χ3n) is 7.19. The van der Waals surface area contributed by atoms with Crippen LogP contribution < -0.4 is 5.32 Å². The van der Waals surface area contributed by atoms with Crippen LogP contribution in [-0.4, -0.2) is 156 Å². The number of nitrogens with one attached hydrogen (secondary N) is 1. The summed E-state index contributed by atoms with van der Waals surface area (Å²) in [6.07, 6.45) is 2.15. The summed E-state index contributed by atoms with van der Waals surface area (Å²) in [6, 6.07) is 5.76. The molecule has 0 saturated carbocycles. The Labute approximate surface area is 313 Å². The van der Waals surface area contributed by atoms with Gasteiger partial charge >= 0.3 is 17.9 Å². The van der Waals surface area contributed by atoms with E-state index in [0.29, 0.717) is 77.6 Å². The fourth-order valence-corrected chi connectivity index (χ4v) is 6.89. The largest absolute Gasteiger partial charge is 0.459 e. The smallest absolute Gasteiger partial charge is 0.320 e. The monoisotopic (exact) mass is 754 g/mol. The van der Waals surface area contributed by atoms with Gasteiger partial charge in [-0.05, 0) is 85.2 Å². The Balaban J connectivity index is 2.12. The number of amides is 1. The Hall–Kier alpha value is -2.43. The van der Waals surface area contributed by atoms with Crippen molar-refractivity contribution >= 4 is 45.4 Å². The maximum absolute atomic E-state index is 12.9. The number of rotatable bonds is 14. The number of aromatic nitrogens is 1. The van der Waals surface area contributed by atoms with Crippen LogP contribution in [0.1, 0.15) is 68.7 Å². The van der Waals surface area contributed by atoms with Crippen LogP contribution in [0.5, 0.6) is 0 Å². The number of carbonyl (C=O) groups is 4. The van der Waals surface area contributed by atoms with Crippen LogP contribution in [0, 0.1) is 0 Å². The summed E-state index contributed by atoms with van der Waals surface area (Å²) < 4.78 is 16.9. The lowest BCUT2D eigenvalue weighted by atomic mass is 10.2. The summed E-state index contributed by atoms with van der Waals surface area (Å²) in [7, 11) is 3.15. The number of hydrogen-bond donors (Lipinski definition) is 1. The van der Waals surface area contributed by atoms with Gasteiger partial charge in [0.25, 0.3) is 0 Å². The van der Waals surface area contributed by atoms with E-state index in [1.807, 2.05) is 85.4 Å². The minimum Gasteiger partial charge on any atom is -0.459 e. The van der Waals surface area contributed by atoms with Gasteiger partial charge in [-0.25, -0.2) is 4.98 Å². The number of pyridine rings is 1. The maximum Gasteiger partial charge on any atom is 0.320 e. The third kappa shape index (κ3) is 23.0. The molecule has 51 heavy (non-hydrogen) atoms. The molecule has 1 saturated heterocycles. The van der Waals surface area contributed by atoms with E-state index in [4.69, 9.17) is 14.2 Å². The molecule has 0 unspecified atom stereocenters. The van der Waals surface area contributed by atoms with Crippen LogP contribution in [-0.2, 0) is 33.4 Å². The van der Waals surface area contributed by atoms with Crippen molar-refractivity contribution in [1.82, 2.24) is 29.9 Å². The Morgan fingerprint density at radius 3 is 1.45 bits per heavy atom. The molecule has 290 valence electrons. The van der Waals surface area contributed by atoms with E-state index in [1.54, 1.807) is 27.8 Å². The van der Waals surface area contributed by atoms with Crippen LogP contribution in [0.15, 0.2) is 29.4 Å². The Bertz CT molecular complexity index is 1180. The molecule has 0 atom stereocenters. The topological polar surface area (TPSA) is 134 Å². The lowest BCUT2D eigenvalue weighted by molar-refractivity contribution is -0.158. The molecule has 13 nitrogen and oxygen atoms in total. The molecule has 0 spiro atoms. The van der Waals surface area contributed by atoms with Gasteiger partial charge in [-0.1, -0.05) is 16.9 Å². The summed E-state index contributed by atoms with van der Waals surface area (Å²) in [4.78, 5) is 64.0. The van der Waals surface area contributed by atoms with Crippen LogP contribution in [0.4, 0.5) is 0 Å². The van der Waals surface area contributed by atoms with Crippen molar-refractivity contribution in [2.45, 2.75) is 90.6 Å². The third-order valence-corrected chi connectivity index (χ3v) is 9.46. The summed E-state index contributed by atoms with van der Waals surface area (Å²) in [5, 5.41) is 3.96. The molecule has 1 aliphatic heterocycles. The summed E-state index contributed by atoms with van der Waals surface area (Å²) in [5.74, 6) is -0.294. The minimum absolute atomic E-state index is 0.0124. The van der Waals surface area contributed by atoms with Gasteiger partial charge in [0.15, 0.2) is 0 Å². The lowest BCUT2D eigenvalue weighted by Gasteiger charge is -2.34. The van der Waals surface area contributed by atoms with Crippen molar-refractivity contribution in [2.75, 3.05) is 90.8 Å². The molecule has 0 bridgehead atoms. The molecule has 1 aromatic rings. The van der Waals surface area contributed by atoms with Crippen LogP contribution in [0.2, 0.25) is 0 Å². The highest BCUT2D eigenvalue weighted by atomic mass is 33.1. The molecule has 0 aliphatic carbocycles. The second-order valence-corrected chi connectivity index (χ2v) is 18.0. The van der Waals surface area contributed by atoms with Crippen molar-refractivity contribution in [1.29, 1.82) is 0 Å². The van der Waals surface area contributed by atoms with E-state index >= 15 is 0 Å². The average Bonchev–Trinajstić information content (AvgIpc) is 2.98. The number of hydrogen-bond acceptors (Lipinski definition) is 14. The van der Waals surface area contributed by atoms with E-state index in [0.717, 1.165) is 5.03 Å². The fourth-order valence-electron chi connectivity index (χ4n) is 5.02. The predicted octanol–water partition coefficient (Wildman–Crippen LogP) is 3.57. The van der Waals surface area contributed by atoms with Gasteiger partial charge in [0.1, 0.15) is 21.8 Å². The highest BCUT2D eigenvalue weighted by molar-refractivity contribution is 8.76. The van der Waals surface area contributed by atoms with Gasteiger partial charge in [-0.15, -0.1) is 0 Å². The molecule has 15 heteroatoms. The van der Waals surface area contributed by atoms with E-state index in [2.05, 4.69) is 25.0 Å². The van der Waals surface area contributed by atoms with Crippen molar-refractivity contribution in [2.24, 2.45) is 0 Å².